The van der Waals surface area contributed by atoms with Crippen molar-refractivity contribution < 1.29 is 8.85 Å². The number of nitrogen functional groups attached to an aromatic ring is 1. The summed E-state index contributed by atoms with van der Waals surface area (Å²) in [5, 5.41) is 1.13. The van der Waals surface area contributed by atoms with Crippen LogP contribution in [-0.4, -0.2) is 32.7 Å². The maximum Gasteiger partial charge on any atom is 0.369 e. The van der Waals surface area contributed by atoms with Gasteiger partial charge in [-0.25, -0.2) is 0 Å². The predicted molar refractivity (Wildman–Crippen MR) is 76.7 cm³/mol. The van der Waals surface area contributed by atoms with Crippen molar-refractivity contribution in [2.45, 2.75) is 20.4 Å². The smallest absolute Gasteiger partial charge is 0.369 e. The Kier molecular flexibility index (Phi) is 6.58. The van der Waals surface area contributed by atoms with Crippen LogP contribution >= 0.6 is 0 Å². The van der Waals surface area contributed by atoms with Gasteiger partial charge in [-0.15, -0.1) is 0 Å². The first-order valence-electron chi connectivity index (χ1n) is 5.26. The van der Waals surface area contributed by atoms with Gasteiger partial charge >= 0.3 is 8.56 Å². The average molecular weight is 257 g/mol. The van der Waals surface area contributed by atoms with E-state index in [1.807, 2.05) is 38.1 Å². The molecule has 0 fully saturated rings. The first-order valence-corrected chi connectivity index (χ1v) is 7.58. The molecule has 5 heteroatoms. The molecule has 0 atom stereocenters. The van der Waals surface area contributed by atoms with Gasteiger partial charge in [-0.05, 0) is 48.7 Å². The summed E-state index contributed by atoms with van der Waals surface area (Å²) in [6.45, 7) is 7.38. The van der Waals surface area contributed by atoms with Gasteiger partial charge in [0.15, 0.2) is 0 Å². The van der Waals surface area contributed by atoms with E-state index in [-0.39, 0.29) is 11.0 Å². The fourth-order valence-corrected chi connectivity index (χ4v) is 3.84. The van der Waals surface area contributed by atoms with Gasteiger partial charge in [0.2, 0.25) is 0 Å². The molecule has 0 radical (unpaired) electrons. The molecule has 0 heterocycles. The first-order chi connectivity index (χ1) is 7.12. The lowest BCUT2D eigenvalue weighted by Gasteiger charge is -2.26. The standard InChI is InChI=1S/C11H19NO2Si.H4Si/c1-4-13-15(3,14-5-2)11-8-6-10(12)7-9-11;/h6-9H,4-5,12H2,1-3H3;1H4. The van der Waals surface area contributed by atoms with Crippen LogP contribution in [0.25, 0.3) is 0 Å². The Bertz CT molecular complexity index is 297. The lowest BCUT2D eigenvalue weighted by atomic mass is 10.3. The molecule has 0 bridgehead atoms. The Labute approximate surface area is 103 Å². The zero-order chi connectivity index (χ0) is 11.3. The maximum absolute atomic E-state index is 5.77. The third-order valence-corrected chi connectivity index (χ3v) is 5.34. The van der Waals surface area contributed by atoms with E-state index in [9.17, 15) is 0 Å². The highest BCUT2D eigenvalue weighted by molar-refractivity contribution is 6.79. The van der Waals surface area contributed by atoms with Crippen molar-refractivity contribution >= 4 is 30.4 Å². The molecule has 0 aliphatic heterocycles. The molecule has 0 unspecified atom stereocenters. The van der Waals surface area contributed by atoms with E-state index in [1.165, 1.54) is 0 Å². The van der Waals surface area contributed by atoms with E-state index >= 15 is 0 Å². The Balaban J connectivity index is 0.00000225. The summed E-state index contributed by atoms with van der Waals surface area (Å²) < 4.78 is 11.5. The Morgan fingerprint density at radius 2 is 1.50 bits per heavy atom. The zero-order valence-corrected chi connectivity index (χ0v) is 10.6. The molecule has 0 aromatic heterocycles. The highest BCUT2D eigenvalue weighted by atomic mass is 28.4. The molecule has 0 aliphatic rings. The molecule has 92 valence electrons. The van der Waals surface area contributed by atoms with Gasteiger partial charge in [-0.2, -0.15) is 0 Å². The van der Waals surface area contributed by atoms with E-state index in [4.69, 9.17) is 14.6 Å². The van der Waals surface area contributed by atoms with Crippen molar-refractivity contribution in [1.29, 1.82) is 0 Å². The Morgan fingerprint density at radius 1 is 1.06 bits per heavy atom. The topological polar surface area (TPSA) is 44.5 Å². The summed E-state index contributed by atoms with van der Waals surface area (Å²) in [5.41, 5.74) is 6.42. The minimum Gasteiger partial charge on any atom is -0.399 e. The van der Waals surface area contributed by atoms with Gasteiger partial charge < -0.3 is 14.6 Å². The van der Waals surface area contributed by atoms with Crippen molar-refractivity contribution in [2.75, 3.05) is 18.9 Å². The van der Waals surface area contributed by atoms with Gasteiger partial charge in [0, 0.05) is 18.9 Å². The Morgan fingerprint density at radius 3 is 1.88 bits per heavy atom. The number of benzene rings is 1. The quantitative estimate of drug-likeness (QED) is 0.604. The van der Waals surface area contributed by atoms with Gasteiger partial charge in [-0.3, -0.25) is 0 Å². The number of hydrogen-bond acceptors (Lipinski definition) is 3. The second-order valence-corrected chi connectivity index (χ2v) is 6.48. The van der Waals surface area contributed by atoms with Crippen LogP contribution in [0.5, 0.6) is 0 Å². The van der Waals surface area contributed by atoms with Crippen LogP contribution < -0.4 is 10.9 Å². The SMILES string of the molecule is CCO[Si](C)(OCC)c1ccc(N)cc1.[SiH4]. The van der Waals surface area contributed by atoms with Crippen LogP contribution in [0.2, 0.25) is 6.55 Å². The summed E-state index contributed by atoms with van der Waals surface area (Å²) >= 11 is 0. The second-order valence-electron chi connectivity index (χ2n) is 3.43. The molecular weight excluding hydrogens is 234 g/mol. The number of hydrogen-bond donors (Lipinski definition) is 1. The summed E-state index contributed by atoms with van der Waals surface area (Å²) in [7, 11) is -2.20. The average Bonchev–Trinajstić information content (AvgIpc) is 2.19. The Hall–Kier alpha value is -0.626. The molecule has 3 nitrogen and oxygen atoms in total. The van der Waals surface area contributed by atoms with Crippen molar-refractivity contribution in [3.8, 4) is 0 Å². The van der Waals surface area contributed by atoms with Crippen molar-refractivity contribution in [1.82, 2.24) is 0 Å². The molecule has 0 saturated heterocycles. The first kappa shape index (κ1) is 15.4. The third-order valence-electron chi connectivity index (χ3n) is 2.27. The van der Waals surface area contributed by atoms with Gasteiger partial charge in [0.25, 0.3) is 0 Å². The number of rotatable bonds is 5. The van der Waals surface area contributed by atoms with Crippen molar-refractivity contribution in [3.05, 3.63) is 24.3 Å². The van der Waals surface area contributed by atoms with Gasteiger partial charge in [0.05, 0.1) is 0 Å². The van der Waals surface area contributed by atoms with Crippen LogP contribution in [-0.2, 0) is 8.85 Å². The van der Waals surface area contributed by atoms with Crippen LogP contribution in [0.15, 0.2) is 24.3 Å². The fourth-order valence-electron chi connectivity index (χ4n) is 1.55. The second kappa shape index (κ2) is 6.85. The van der Waals surface area contributed by atoms with Crippen LogP contribution in [0.4, 0.5) is 5.69 Å². The van der Waals surface area contributed by atoms with E-state index < -0.39 is 8.56 Å². The molecule has 1 aromatic rings. The summed E-state index contributed by atoms with van der Waals surface area (Å²) in [6.07, 6.45) is 0. The summed E-state index contributed by atoms with van der Waals surface area (Å²) in [6, 6.07) is 7.76. The maximum atomic E-state index is 5.77. The van der Waals surface area contributed by atoms with E-state index in [2.05, 4.69) is 6.55 Å². The molecular formula is C11H23NO2Si2. The van der Waals surface area contributed by atoms with Gasteiger partial charge in [0.1, 0.15) is 0 Å². The largest absolute Gasteiger partial charge is 0.399 e. The van der Waals surface area contributed by atoms with Crippen LogP contribution in [0, 0.1) is 0 Å². The number of nitrogens with two attached hydrogens (primary N) is 1. The minimum atomic E-state index is -2.20. The van der Waals surface area contributed by atoms with Crippen LogP contribution in [0.3, 0.4) is 0 Å². The van der Waals surface area contributed by atoms with Gasteiger partial charge in [-0.1, -0.05) is 12.1 Å². The van der Waals surface area contributed by atoms with E-state index in [0.29, 0.717) is 13.2 Å². The third kappa shape index (κ3) is 3.75. The van der Waals surface area contributed by atoms with Crippen molar-refractivity contribution in [2.24, 2.45) is 0 Å². The monoisotopic (exact) mass is 257 g/mol. The fraction of sp³-hybridized carbons (Fsp3) is 0.455. The molecule has 16 heavy (non-hydrogen) atoms. The van der Waals surface area contributed by atoms with E-state index in [0.717, 1.165) is 10.9 Å². The minimum absolute atomic E-state index is 0. The van der Waals surface area contributed by atoms with Crippen LogP contribution in [0.1, 0.15) is 13.8 Å². The summed E-state index contributed by atoms with van der Waals surface area (Å²) in [4.78, 5) is 0. The molecule has 0 aliphatic carbocycles. The molecule has 0 amide bonds. The lowest BCUT2D eigenvalue weighted by molar-refractivity contribution is 0.202. The lowest BCUT2D eigenvalue weighted by Crippen LogP contribution is -2.51. The highest BCUT2D eigenvalue weighted by Gasteiger charge is 2.33. The summed E-state index contributed by atoms with van der Waals surface area (Å²) in [5.74, 6) is 0. The van der Waals surface area contributed by atoms with E-state index in [1.54, 1.807) is 0 Å². The normalized spacial score (nSPS) is 10.9. The molecule has 2 N–H and O–H groups in total. The van der Waals surface area contributed by atoms with Crippen molar-refractivity contribution in [3.63, 3.8) is 0 Å². The molecule has 1 aromatic carbocycles. The molecule has 0 saturated carbocycles. The molecule has 0 spiro atoms. The predicted octanol–water partition coefficient (Wildman–Crippen LogP) is 0.169. The molecule has 1 rings (SSSR count). The zero-order valence-electron chi connectivity index (χ0n) is 9.62. The number of anilines is 1. The highest BCUT2D eigenvalue weighted by Crippen LogP contribution is 2.09.